The van der Waals surface area contributed by atoms with Gasteiger partial charge in [0.1, 0.15) is 73.1 Å². The Labute approximate surface area is 297 Å². The van der Waals surface area contributed by atoms with E-state index in [0.717, 1.165) is 54.7 Å². The lowest BCUT2D eigenvalue weighted by Crippen LogP contribution is -1.95. The number of benzene rings is 4. The summed E-state index contributed by atoms with van der Waals surface area (Å²) in [5, 5.41) is 2.76. The Hall–Kier alpha value is -7.60. The van der Waals surface area contributed by atoms with E-state index < -0.39 is 23.9 Å². The number of carbonyl (C=O) groups excluding carboxylic acids is 4. The molecule has 0 aliphatic heterocycles. The summed E-state index contributed by atoms with van der Waals surface area (Å²) in [5.41, 5.74) is 1.29. The minimum atomic E-state index is -0.673. The Morgan fingerprint density at radius 2 is 0.885 bits per heavy atom. The van der Waals surface area contributed by atoms with E-state index >= 15 is 0 Å². The molecule has 0 spiro atoms. The van der Waals surface area contributed by atoms with Crippen molar-refractivity contribution in [1.82, 2.24) is 0 Å². The van der Waals surface area contributed by atoms with Gasteiger partial charge in [0, 0.05) is 35.3 Å². The fourth-order valence-corrected chi connectivity index (χ4v) is 4.32. The lowest BCUT2D eigenvalue weighted by molar-refractivity contribution is -0.133. The highest BCUT2D eigenvalue weighted by Gasteiger charge is 2.16. The van der Waals surface area contributed by atoms with Crippen LogP contribution in [0.3, 0.4) is 0 Å². The molecule has 0 bridgehead atoms. The van der Waals surface area contributed by atoms with Crippen LogP contribution in [0.25, 0.3) is 32.7 Å². The number of esters is 4. The Kier molecular flexibility index (Phi) is 13.5. The second kappa shape index (κ2) is 18.8. The van der Waals surface area contributed by atoms with Gasteiger partial charge in [0.25, 0.3) is 0 Å². The predicted molar refractivity (Wildman–Crippen MR) is 191 cm³/mol. The van der Waals surface area contributed by atoms with Gasteiger partial charge in [-0.05, 0) is 64.2 Å². The van der Waals surface area contributed by atoms with Crippen molar-refractivity contribution >= 4 is 45.4 Å². The minimum Gasteiger partial charge on any atom is -0.462 e. The van der Waals surface area contributed by atoms with Crippen molar-refractivity contribution in [3.63, 3.8) is 0 Å². The first-order chi connectivity index (χ1) is 25.3. The average molecular weight is 703 g/mol. The molecule has 0 aliphatic carbocycles. The molecule has 0 unspecified atom stereocenters. The third kappa shape index (κ3) is 10.4. The molecule has 12 heteroatoms. The number of hydrogen-bond donors (Lipinski definition) is 0. The van der Waals surface area contributed by atoms with Gasteiger partial charge < -0.3 is 37.9 Å². The molecule has 0 aliphatic rings. The summed E-state index contributed by atoms with van der Waals surface area (Å²) in [6.45, 7) is 13.4. The molecule has 0 radical (unpaired) electrons. The zero-order chi connectivity index (χ0) is 37.3. The van der Waals surface area contributed by atoms with Crippen molar-refractivity contribution in [2.75, 3.05) is 0 Å². The molecule has 4 aromatic rings. The number of carbonyl (C=O) groups is 4. The lowest BCUT2D eigenvalue weighted by atomic mass is 9.95. The Morgan fingerprint density at radius 1 is 0.423 bits per heavy atom. The van der Waals surface area contributed by atoms with Crippen LogP contribution in [-0.4, -0.2) is 23.9 Å². The first-order valence-electron chi connectivity index (χ1n) is 15.0. The molecule has 0 heterocycles. The predicted octanol–water partition coefficient (Wildman–Crippen LogP) is 7.98. The van der Waals surface area contributed by atoms with Gasteiger partial charge in [-0.2, -0.15) is 0 Å². The third-order valence-electron chi connectivity index (χ3n) is 6.57. The molecule has 0 fully saturated rings. The summed E-state index contributed by atoms with van der Waals surface area (Å²) in [6, 6.07) is 17.5. The summed E-state index contributed by atoms with van der Waals surface area (Å²) in [5.74, 6) is -1.04. The van der Waals surface area contributed by atoms with Crippen LogP contribution < -0.4 is 18.9 Å². The molecular formula is C40H30O12. The van der Waals surface area contributed by atoms with Crippen molar-refractivity contribution in [2.45, 2.75) is 0 Å². The van der Waals surface area contributed by atoms with Gasteiger partial charge in [0.05, 0.1) is 0 Å². The zero-order valence-corrected chi connectivity index (χ0v) is 27.4. The molecule has 0 saturated carbocycles. The van der Waals surface area contributed by atoms with Crippen LogP contribution >= 0.6 is 0 Å². The van der Waals surface area contributed by atoms with Crippen molar-refractivity contribution < 1.29 is 57.1 Å². The second-order valence-electron chi connectivity index (χ2n) is 9.80. The maximum absolute atomic E-state index is 11.6. The van der Waals surface area contributed by atoms with E-state index in [9.17, 15) is 19.2 Å². The van der Waals surface area contributed by atoms with Crippen LogP contribution in [0.2, 0.25) is 0 Å². The van der Waals surface area contributed by atoms with E-state index in [4.69, 9.17) is 37.9 Å². The molecule has 0 N–H and O–H groups in total. The van der Waals surface area contributed by atoms with Gasteiger partial charge in [0.2, 0.25) is 0 Å². The number of fused-ring (bicyclic) bond motifs is 3. The molecule has 12 nitrogen and oxygen atoms in total. The zero-order valence-electron chi connectivity index (χ0n) is 27.4. The molecule has 0 saturated heterocycles. The third-order valence-corrected chi connectivity index (χ3v) is 6.57. The molecule has 52 heavy (non-hydrogen) atoms. The van der Waals surface area contributed by atoms with Crippen LogP contribution in [-0.2, 0) is 38.1 Å². The Bertz CT molecular complexity index is 2140. The van der Waals surface area contributed by atoms with Crippen LogP contribution in [0.4, 0.5) is 0 Å². The first-order valence-corrected chi connectivity index (χ1v) is 15.0. The molecule has 4 rings (SSSR count). The molecule has 0 aromatic heterocycles. The fraction of sp³-hybridized carbons (Fsp3) is 0. The van der Waals surface area contributed by atoms with Crippen LogP contribution in [0.5, 0.6) is 23.0 Å². The highest BCUT2D eigenvalue weighted by molar-refractivity contribution is 6.12. The normalized spacial score (nSPS) is 11.0. The highest BCUT2D eigenvalue weighted by Crippen LogP contribution is 2.42. The quantitative estimate of drug-likeness (QED) is 0.0346. The number of ether oxygens (including phenoxy) is 8. The van der Waals surface area contributed by atoms with Crippen LogP contribution in [0.15, 0.2) is 161 Å². The molecule has 0 amide bonds. The molecule has 262 valence electrons. The topological polar surface area (TPSA) is 142 Å². The maximum atomic E-state index is 11.6. The summed E-state index contributed by atoms with van der Waals surface area (Å²) in [4.78, 5) is 45.7. The van der Waals surface area contributed by atoms with E-state index in [1.807, 2.05) is 12.1 Å². The van der Waals surface area contributed by atoms with Crippen LogP contribution in [0, 0.1) is 0 Å². The summed E-state index contributed by atoms with van der Waals surface area (Å²) < 4.78 is 42.5. The van der Waals surface area contributed by atoms with E-state index in [2.05, 4.69) is 26.3 Å². The summed E-state index contributed by atoms with van der Waals surface area (Å²) in [7, 11) is 0. The van der Waals surface area contributed by atoms with E-state index in [1.54, 1.807) is 48.5 Å². The maximum Gasteiger partial charge on any atom is 0.335 e. The Balaban J connectivity index is 1.81. The molecular weight excluding hydrogens is 672 g/mol. The van der Waals surface area contributed by atoms with E-state index in [-0.39, 0.29) is 0 Å². The standard InChI is InChI=1S/C40H30O12/c1-5-37(41)49-19-15-45-29-11-9-27(10-12-29)32-25-34-33(26-36(32)48-18-22-52-40(44)8-4)31-14-13-30(46-16-20-50-38(42)6-2)23-28(31)24-35(34)47-17-21-51-39(43)7-3/h5-26H,1-4H2/b19-15-,20-16-,21-17-,22-18-. The summed E-state index contributed by atoms with van der Waals surface area (Å²) in [6.07, 6.45) is 13.2. The van der Waals surface area contributed by atoms with Gasteiger partial charge in [0.15, 0.2) is 0 Å². The number of hydrogen-bond acceptors (Lipinski definition) is 12. The van der Waals surface area contributed by atoms with Gasteiger partial charge >= 0.3 is 23.9 Å². The van der Waals surface area contributed by atoms with E-state index in [0.29, 0.717) is 50.3 Å². The van der Waals surface area contributed by atoms with Gasteiger partial charge in [-0.25, -0.2) is 19.2 Å². The Morgan fingerprint density at radius 3 is 1.40 bits per heavy atom. The largest absolute Gasteiger partial charge is 0.462 e. The first kappa shape index (κ1) is 37.2. The highest BCUT2D eigenvalue weighted by atomic mass is 16.6. The second-order valence-corrected chi connectivity index (χ2v) is 9.80. The minimum absolute atomic E-state index is 0.364. The fourth-order valence-electron chi connectivity index (χ4n) is 4.32. The molecule has 0 atom stereocenters. The van der Waals surface area contributed by atoms with Gasteiger partial charge in [-0.3, -0.25) is 0 Å². The summed E-state index contributed by atoms with van der Waals surface area (Å²) >= 11 is 0. The van der Waals surface area contributed by atoms with Crippen molar-refractivity contribution in [3.8, 4) is 34.1 Å². The van der Waals surface area contributed by atoms with Crippen molar-refractivity contribution in [2.24, 2.45) is 0 Å². The monoisotopic (exact) mass is 702 g/mol. The number of rotatable bonds is 17. The van der Waals surface area contributed by atoms with Crippen molar-refractivity contribution in [1.29, 1.82) is 0 Å². The van der Waals surface area contributed by atoms with E-state index in [1.165, 1.54) is 25.0 Å². The average Bonchev–Trinajstić information content (AvgIpc) is 3.17. The van der Waals surface area contributed by atoms with Gasteiger partial charge in [-0.15, -0.1) is 0 Å². The van der Waals surface area contributed by atoms with Crippen molar-refractivity contribution in [3.05, 3.63) is 161 Å². The van der Waals surface area contributed by atoms with Crippen LogP contribution in [0.1, 0.15) is 0 Å². The smallest absolute Gasteiger partial charge is 0.335 e. The SMILES string of the molecule is C=CC(=O)O/C=C\Oc1ccc(-c2cc3c(O/C=C\OC(=O)C=C)cc4cc(O/C=C\OC(=O)C=C)ccc4c3cc2O/C=C\OC(=O)C=C)cc1. The molecule has 4 aromatic carbocycles. The van der Waals surface area contributed by atoms with Gasteiger partial charge in [-0.1, -0.05) is 44.5 Å². The lowest BCUT2D eigenvalue weighted by Gasteiger charge is -2.16.